The first-order valence-corrected chi connectivity index (χ1v) is 9.22. The summed E-state index contributed by atoms with van der Waals surface area (Å²) in [6.45, 7) is 2.20. The van der Waals surface area contributed by atoms with Crippen LogP contribution in [-0.2, 0) is 12.8 Å². The topological polar surface area (TPSA) is 34.0 Å². The molecule has 19 heavy (non-hydrogen) atoms. The average molecular weight is 511 g/mol. The van der Waals surface area contributed by atoms with Gasteiger partial charge < -0.3 is 0 Å². The molecule has 1 aromatic heterocycles. The van der Waals surface area contributed by atoms with Gasteiger partial charge in [-0.25, -0.2) is 0 Å². The molecule has 0 unspecified atom stereocenters. The Hall–Kier alpha value is -0.438. The molecular weight excluding hydrogens is 496 g/mol. The number of aryl methyl sites for hydroxylation is 1. The number of hydrogen-bond acceptors (Lipinski definition) is 3. The maximum atomic E-state index is 4.05. The third-order valence-electron chi connectivity index (χ3n) is 3.54. The zero-order chi connectivity index (χ0) is 13.2. The maximum absolute atomic E-state index is 4.05. The molecule has 0 bridgehead atoms. The quantitative estimate of drug-likeness (QED) is 0.593. The number of anilines is 1. The van der Waals surface area contributed by atoms with Gasteiger partial charge in [-0.1, -0.05) is 0 Å². The second kappa shape index (κ2) is 5.91. The molecule has 2 aromatic rings. The Balaban J connectivity index is 1.75. The van der Waals surface area contributed by atoms with Crippen molar-refractivity contribution in [3.8, 4) is 0 Å². The number of hydrogen-bond donors (Lipinski definition) is 0. The van der Waals surface area contributed by atoms with Gasteiger partial charge in [0.1, 0.15) is 0 Å². The van der Waals surface area contributed by atoms with Crippen molar-refractivity contribution in [3.63, 3.8) is 0 Å². The van der Waals surface area contributed by atoms with Crippen molar-refractivity contribution >= 4 is 47.7 Å². The molecule has 0 spiro atoms. The Morgan fingerprint density at radius 3 is 3.05 bits per heavy atom. The molecule has 4 nitrogen and oxygen atoms in total. The van der Waals surface area contributed by atoms with Crippen molar-refractivity contribution in [2.75, 3.05) is 18.0 Å². The Labute approximate surface area is 137 Å². The first kappa shape index (κ1) is 13.5. The van der Waals surface area contributed by atoms with E-state index in [2.05, 4.69) is 49.3 Å². The zero-order valence-corrected chi connectivity index (χ0v) is 16.7. The molecular formula is C13H14BrN4Tl. The Bertz CT molecular complexity index is 584. The number of aromatic nitrogens is 3. The zero-order valence-electron chi connectivity index (χ0n) is 10.6. The molecule has 0 aliphatic carbocycles. The van der Waals surface area contributed by atoms with E-state index in [1.807, 2.05) is 8.69 Å². The van der Waals surface area contributed by atoms with Crippen LogP contribution in [0.15, 0.2) is 28.9 Å². The summed E-state index contributed by atoms with van der Waals surface area (Å²) in [5, 5.41) is 8.02. The first-order valence-electron chi connectivity index (χ1n) is 6.42. The molecule has 6 heteroatoms. The molecule has 1 aromatic carbocycles. The molecule has 3 rings (SSSR count). The third kappa shape index (κ3) is 3.01. The Morgan fingerprint density at radius 2 is 2.26 bits per heavy atom. The number of halogens is 1. The number of fused-ring (bicyclic) bond motifs is 1. The summed E-state index contributed by atoms with van der Waals surface area (Å²) in [5.41, 5.74) is 4.11. The monoisotopic (exact) mass is 510 g/mol. The molecule has 1 aliphatic heterocycles. The SMILES string of the molecule is Brc1ccc2c(c1)CCCN2CCc1cnn[n]1[Tl]. The van der Waals surface area contributed by atoms with Crippen LogP contribution in [0.5, 0.6) is 0 Å². The van der Waals surface area contributed by atoms with Gasteiger partial charge in [0, 0.05) is 0 Å². The predicted molar refractivity (Wildman–Crippen MR) is 79.6 cm³/mol. The summed E-state index contributed by atoms with van der Waals surface area (Å²) in [4.78, 5) is 2.49. The van der Waals surface area contributed by atoms with E-state index < -0.39 is 0 Å². The van der Waals surface area contributed by atoms with E-state index in [4.69, 9.17) is 0 Å². The van der Waals surface area contributed by atoms with E-state index in [0.29, 0.717) is 26.1 Å². The second-order valence-corrected chi connectivity index (χ2v) is 7.60. The molecule has 0 fully saturated rings. The number of rotatable bonds is 3. The van der Waals surface area contributed by atoms with E-state index >= 15 is 0 Å². The van der Waals surface area contributed by atoms with Gasteiger partial charge >= 0.3 is 138 Å². The number of benzene rings is 1. The fourth-order valence-electron chi connectivity index (χ4n) is 2.57. The van der Waals surface area contributed by atoms with Gasteiger partial charge in [-0.15, -0.1) is 0 Å². The van der Waals surface area contributed by atoms with Crippen molar-refractivity contribution in [2.24, 2.45) is 0 Å². The summed E-state index contributed by atoms with van der Waals surface area (Å²) in [6.07, 6.45) is 5.35. The first-order chi connectivity index (χ1) is 9.24. The van der Waals surface area contributed by atoms with Crippen LogP contribution in [0.25, 0.3) is 0 Å². The van der Waals surface area contributed by atoms with Crippen LogP contribution >= 0.6 is 15.9 Å². The van der Waals surface area contributed by atoms with Gasteiger partial charge in [0.2, 0.25) is 0 Å². The Morgan fingerprint density at radius 1 is 1.37 bits per heavy atom. The molecule has 2 heterocycles. The molecule has 0 saturated heterocycles. The van der Waals surface area contributed by atoms with Gasteiger partial charge in [0.15, 0.2) is 0 Å². The van der Waals surface area contributed by atoms with E-state index in [9.17, 15) is 0 Å². The minimum absolute atomic E-state index is 0.701. The second-order valence-electron chi connectivity index (χ2n) is 4.78. The van der Waals surface area contributed by atoms with Gasteiger partial charge in [-0.3, -0.25) is 0 Å². The Kier molecular flexibility index (Phi) is 4.21. The van der Waals surface area contributed by atoms with E-state index in [1.54, 1.807) is 0 Å². The van der Waals surface area contributed by atoms with Crippen molar-refractivity contribution < 1.29 is 0 Å². The minimum atomic E-state index is 0.701. The normalized spacial score (nSPS) is 14.4. The summed E-state index contributed by atoms with van der Waals surface area (Å²) in [6, 6.07) is 6.62. The predicted octanol–water partition coefficient (Wildman–Crippen LogP) is 1.97. The van der Waals surface area contributed by atoms with Crippen LogP contribution in [0.1, 0.15) is 17.7 Å². The van der Waals surface area contributed by atoms with Crippen LogP contribution in [0.4, 0.5) is 5.69 Å². The molecule has 0 saturated carbocycles. The van der Waals surface area contributed by atoms with Crippen LogP contribution in [0.2, 0.25) is 0 Å². The molecule has 0 radical (unpaired) electrons. The van der Waals surface area contributed by atoms with Gasteiger partial charge in [0.05, 0.1) is 0 Å². The van der Waals surface area contributed by atoms with E-state index in [-0.39, 0.29) is 0 Å². The molecule has 0 amide bonds. The molecule has 0 atom stereocenters. The molecule has 0 N–H and O–H groups in total. The van der Waals surface area contributed by atoms with Crippen molar-refractivity contribution in [3.05, 3.63) is 40.1 Å². The van der Waals surface area contributed by atoms with Crippen LogP contribution in [-0.4, -0.2) is 52.0 Å². The van der Waals surface area contributed by atoms with E-state index in [1.165, 1.54) is 34.3 Å². The fourth-order valence-corrected chi connectivity index (χ4v) is 3.97. The summed E-state index contributed by atoms with van der Waals surface area (Å²) in [7, 11) is 0. The standard InChI is InChI=1S/C13H14BrN4.Tl/c14-11-3-4-13-10(8-11)2-1-6-18(13)7-5-12-9-15-17-16-12;/h3-4,8-9H,1-2,5-7H2;/q-1;+1. The van der Waals surface area contributed by atoms with Gasteiger partial charge in [0.25, 0.3) is 0 Å². The van der Waals surface area contributed by atoms with Gasteiger partial charge in [-0.05, 0) is 0 Å². The van der Waals surface area contributed by atoms with E-state index in [0.717, 1.165) is 19.5 Å². The van der Waals surface area contributed by atoms with Crippen LogP contribution in [0, 0.1) is 0 Å². The summed E-state index contributed by atoms with van der Waals surface area (Å²) >= 11 is 4.26. The van der Waals surface area contributed by atoms with Crippen LogP contribution in [0.3, 0.4) is 0 Å². The van der Waals surface area contributed by atoms with Crippen molar-refractivity contribution in [2.45, 2.75) is 19.3 Å². The molecule has 1 aliphatic rings. The van der Waals surface area contributed by atoms with Crippen LogP contribution < -0.4 is 4.90 Å². The third-order valence-corrected chi connectivity index (χ3v) is 5.73. The molecule has 96 valence electrons. The summed E-state index contributed by atoms with van der Waals surface area (Å²) < 4.78 is 3.20. The van der Waals surface area contributed by atoms with Gasteiger partial charge in [-0.2, -0.15) is 0 Å². The number of nitrogens with zero attached hydrogens (tertiary/aromatic N) is 4. The average Bonchev–Trinajstić information content (AvgIpc) is 2.81. The summed E-state index contributed by atoms with van der Waals surface area (Å²) in [5.74, 6) is 0. The van der Waals surface area contributed by atoms with Crippen molar-refractivity contribution in [1.29, 1.82) is 0 Å². The van der Waals surface area contributed by atoms with Crippen molar-refractivity contribution in [1.82, 2.24) is 12.8 Å². The fraction of sp³-hybridized carbons (Fsp3) is 0.385.